The Hall–Kier alpha value is -1.39. The van der Waals surface area contributed by atoms with Crippen LogP contribution in [0, 0.1) is 6.92 Å². The van der Waals surface area contributed by atoms with Gasteiger partial charge in [0.1, 0.15) is 0 Å². The van der Waals surface area contributed by atoms with Crippen molar-refractivity contribution in [3.8, 4) is 0 Å². The standard InChI is InChI=1S/C10H7Cl2N3O/c1-6-13-10(16-15-6)9(12)14-8-5-3-2-4-7(8)11/h2-5H,1H3. The predicted octanol–water partition coefficient (Wildman–Crippen LogP) is 3.35. The van der Waals surface area contributed by atoms with Crippen molar-refractivity contribution in [2.75, 3.05) is 0 Å². The summed E-state index contributed by atoms with van der Waals surface area (Å²) < 4.78 is 4.87. The first-order chi connectivity index (χ1) is 7.66. The Bertz CT molecular complexity index is 536. The van der Waals surface area contributed by atoms with Gasteiger partial charge in [0.05, 0.1) is 10.7 Å². The highest BCUT2D eigenvalue weighted by molar-refractivity contribution is 6.69. The molecule has 0 amide bonds. The number of nitrogens with zero attached hydrogens (tertiary/aromatic N) is 3. The summed E-state index contributed by atoms with van der Waals surface area (Å²) in [7, 11) is 0. The molecule has 2 rings (SSSR count). The highest BCUT2D eigenvalue weighted by Crippen LogP contribution is 2.25. The summed E-state index contributed by atoms with van der Waals surface area (Å²) in [6.45, 7) is 1.70. The van der Waals surface area contributed by atoms with Gasteiger partial charge in [-0.25, -0.2) is 4.99 Å². The molecular formula is C10H7Cl2N3O. The van der Waals surface area contributed by atoms with Gasteiger partial charge in [0.25, 0.3) is 5.89 Å². The van der Waals surface area contributed by atoms with Gasteiger partial charge in [0.2, 0.25) is 0 Å². The number of benzene rings is 1. The van der Waals surface area contributed by atoms with Gasteiger partial charge in [0, 0.05) is 0 Å². The van der Waals surface area contributed by atoms with E-state index in [4.69, 9.17) is 27.7 Å². The summed E-state index contributed by atoms with van der Waals surface area (Å²) in [5.74, 6) is 0.682. The predicted molar refractivity (Wildman–Crippen MR) is 62.5 cm³/mol. The van der Waals surface area contributed by atoms with E-state index in [9.17, 15) is 0 Å². The van der Waals surface area contributed by atoms with E-state index in [1.54, 1.807) is 19.1 Å². The molecule has 6 heteroatoms. The second kappa shape index (κ2) is 4.63. The molecule has 0 atom stereocenters. The number of para-hydroxylation sites is 1. The van der Waals surface area contributed by atoms with Crippen LogP contribution in [-0.4, -0.2) is 15.3 Å². The number of halogens is 2. The van der Waals surface area contributed by atoms with Crippen LogP contribution in [0.15, 0.2) is 33.8 Å². The normalized spacial score (nSPS) is 11.8. The van der Waals surface area contributed by atoms with Crippen molar-refractivity contribution < 1.29 is 4.52 Å². The minimum Gasteiger partial charge on any atom is -0.331 e. The Morgan fingerprint density at radius 1 is 1.38 bits per heavy atom. The molecule has 0 unspecified atom stereocenters. The van der Waals surface area contributed by atoms with Crippen LogP contribution < -0.4 is 0 Å². The van der Waals surface area contributed by atoms with E-state index < -0.39 is 0 Å². The van der Waals surface area contributed by atoms with Crippen molar-refractivity contribution in [1.82, 2.24) is 10.1 Å². The maximum Gasteiger partial charge on any atom is 0.288 e. The molecule has 0 aliphatic carbocycles. The summed E-state index contributed by atoms with van der Waals surface area (Å²) >= 11 is 11.8. The molecular weight excluding hydrogens is 249 g/mol. The van der Waals surface area contributed by atoms with Crippen LogP contribution in [0.1, 0.15) is 11.7 Å². The Kier molecular flexibility index (Phi) is 3.22. The fraction of sp³-hybridized carbons (Fsp3) is 0.100. The van der Waals surface area contributed by atoms with Gasteiger partial charge in [-0.1, -0.05) is 40.5 Å². The van der Waals surface area contributed by atoms with Gasteiger partial charge in [-0.05, 0) is 19.1 Å². The fourth-order valence-corrected chi connectivity index (χ4v) is 1.42. The molecule has 0 saturated heterocycles. The first-order valence-electron chi connectivity index (χ1n) is 4.46. The third-order valence-electron chi connectivity index (χ3n) is 1.78. The van der Waals surface area contributed by atoms with E-state index in [1.807, 2.05) is 12.1 Å². The lowest BCUT2D eigenvalue weighted by Crippen LogP contribution is -1.90. The van der Waals surface area contributed by atoms with Crippen LogP contribution in [0.2, 0.25) is 5.02 Å². The SMILES string of the molecule is Cc1noc(C(Cl)=Nc2ccccc2Cl)n1. The molecule has 0 spiro atoms. The molecule has 0 N–H and O–H groups in total. The monoisotopic (exact) mass is 255 g/mol. The number of hydrogen-bond acceptors (Lipinski definition) is 4. The quantitative estimate of drug-likeness (QED) is 0.774. The lowest BCUT2D eigenvalue weighted by Gasteiger charge is -1.96. The molecule has 0 radical (unpaired) electrons. The van der Waals surface area contributed by atoms with Crippen molar-refractivity contribution >= 4 is 34.1 Å². The molecule has 82 valence electrons. The van der Waals surface area contributed by atoms with E-state index >= 15 is 0 Å². The Morgan fingerprint density at radius 2 is 2.12 bits per heavy atom. The van der Waals surface area contributed by atoms with Crippen molar-refractivity contribution in [2.24, 2.45) is 4.99 Å². The smallest absolute Gasteiger partial charge is 0.288 e. The summed E-state index contributed by atoms with van der Waals surface area (Å²) in [6.07, 6.45) is 0. The third-order valence-corrected chi connectivity index (χ3v) is 2.34. The molecule has 1 aromatic heterocycles. The maximum absolute atomic E-state index is 5.93. The first kappa shape index (κ1) is 11.1. The van der Waals surface area contributed by atoms with Crippen molar-refractivity contribution in [2.45, 2.75) is 6.92 Å². The van der Waals surface area contributed by atoms with Crippen LogP contribution in [0.3, 0.4) is 0 Å². The molecule has 0 fully saturated rings. The van der Waals surface area contributed by atoms with Crippen LogP contribution >= 0.6 is 23.2 Å². The number of aryl methyl sites for hydroxylation is 1. The molecule has 1 aromatic carbocycles. The topological polar surface area (TPSA) is 51.3 Å². The van der Waals surface area contributed by atoms with E-state index in [0.717, 1.165) is 0 Å². The molecule has 1 heterocycles. The molecule has 4 nitrogen and oxygen atoms in total. The Labute approximate surface area is 102 Å². The molecule has 16 heavy (non-hydrogen) atoms. The Morgan fingerprint density at radius 3 is 2.75 bits per heavy atom. The summed E-state index contributed by atoms with van der Waals surface area (Å²) in [4.78, 5) is 8.05. The van der Waals surface area contributed by atoms with Gasteiger partial charge < -0.3 is 4.52 Å². The minimum absolute atomic E-state index is 0.119. The largest absolute Gasteiger partial charge is 0.331 e. The van der Waals surface area contributed by atoms with Gasteiger partial charge >= 0.3 is 0 Å². The third kappa shape index (κ3) is 2.40. The van der Waals surface area contributed by atoms with Crippen molar-refractivity contribution in [3.63, 3.8) is 0 Å². The van der Waals surface area contributed by atoms with Crippen LogP contribution in [-0.2, 0) is 0 Å². The first-order valence-corrected chi connectivity index (χ1v) is 5.22. The average molecular weight is 256 g/mol. The molecule has 2 aromatic rings. The van der Waals surface area contributed by atoms with Crippen molar-refractivity contribution in [1.29, 1.82) is 0 Å². The lowest BCUT2D eigenvalue weighted by molar-refractivity contribution is 0.407. The highest BCUT2D eigenvalue weighted by atomic mass is 35.5. The number of aliphatic imine (C=N–C) groups is 1. The second-order valence-electron chi connectivity index (χ2n) is 3.00. The van der Waals surface area contributed by atoms with E-state index in [2.05, 4.69) is 15.1 Å². The Balaban J connectivity index is 2.35. The van der Waals surface area contributed by atoms with Crippen molar-refractivity contribution in [3.05, 3.63) is 41.0 Å². The van der Waals surface area contributed by atoms with E-state index in [-0.39, 0.29) is 11.1 Å². The molecule has 0 saturated carbocycles. The molecule has 0 aliphatic heterocycles. The van der Waals surface area contributed by atoms with E-state index in [1.165, 1.54) is 0 Å². The minimum atomic E-state index is 0.119. The van der Waals surface area contributed by atoms with Gasteiger partial charge in [-0.3, -0.25) is 0 Å². The summed E-state index contributed by atoms with van der Waals surface area (Å²) in [5.41, 5.74) is 0.560. The van der Waals surface area contributed by atoms with Gasteiger partial charge in [-0.2, -0.15) is 4.98 Å². The zero-order valence-electron chi connectivity index (χ0n) is 8.32. The lowest BCUT2D eigenvalue weighted by atomic mass is 10.3. The van der Waals surface area contributed by atoms with E-state index in [0.29, 0.717) is 16.5 Å². The maximum atomic E-state index is 5.93. The molecule has 0 bridgehead atoms. The zero-order chi connectivity index (χ0) is 11.5. The number of aromatic nitrogens is 2. The van der Waals surface area contributed by atoms with Crippen LogP contribution in [0.4, 0.5) is 5.69 Å². The summed E-state index contributed by atoms with van der Waals surface area (Å²) in [6, 6.07) is 7.09. The highest BCUT2D eigenvalue weighted by Gasteiger charge is 2.09. The van der Waals surface area contributed by atoms with Gasteiger partial charge in [-0.15, -0.1) is 0 Å². The van der Waals surface area contributed by atoms with Crippen LogP contribution in [0.5, 0.6) is 0 Å². The second-order valence-corrected chi connectivity index (χ2v) is 3.77. The van der Waals surface area contributed by atoms with Gasteiger partial charge in [0.15, 0.2) is 11.0 Å². The number of hydrogen-bond donors (Lipinski definition) is 0. The number of rotatable bonds is 2. The fourth-order valence-electron chi connectivity index (χ4n) is 1.08. The van der Waals surface area contributed by atoms with Crippen LogP contribution in [0.25, 0.3) is 0 Å². The average Bonchev–Trinajstić information content (AvgIpc) is 2.68. The summed E-state index contributed by atoms with van der Waals surface area (Å²) in [5, 5.41) is 4.25. The molecule has 0 aliphatic rings. The zero-order valence-corrected chi connectivity index (χ0v) is 9.83.